The second-order valence-corrected chi connectivity index (χ2v) is 5.18. The maximum Gasteiger partial charge on any atom is 0.117 e. The summed E-state index contributed by atoms with van der Waals surface area (Å²) in [5.74, 6) is 2.78. The molecule has 0 atom stereocenters. The van der Waals surface area contributed by atoms with Crippen LogP contribution in [0.3, 0.4) is 0 Å². The van der Waals surface area contributed by atoms with Crippen molar-refractivity contribution in [3.63, 3.8) is 0 Å². The number of hydrogen-bond donors (Lipinski definition) is 0. The molecule has 3 rings (SSSR count). The molecule has 0 radical (unpaired) electrons. The van der Waals surface area contributed by atoms with Crippen LogP contribution in [-0.2, 0) is 0 Å². The van der Waals surface area contributed by atoms with Crippen LogP contribution in [0.5, 0.6) is 0 Å². The van der Waals surface area contributed by atoms with E-state index in [-0.39, 0.29) is 0 Å². The molecule has 92 valence electrons. The van der Waals surface area contributed by atoms with Crippen LogP contribution in [-0.4, -0.2) is 18.6 Å². The van der Waals surface area contributed by atoms with E-state index in [0.717, 1.165) is 26.1 Å². The number of hydrogen-bond acceptors (Lipinski definition) is 4. The molecule has 0 amide bonds. The fourth-order valence-electron chi connectivity index (χ4n) is 1.82. The molecule has 0 saturated heterocycles. The van der Waals surface area contributed by atoms with E-state index in [2.05, 4.69) is 27.4 Å². The summed E-state index contributed by atoms with van der Waals surface area (Å²) in [5.41, 5.74) is 0.984. The number of aliphatic imine (C=N–C) groups is 2. The molecule has 0 unspecified atom stereocenters. The Bertz CT molecular complexity index is 778. The molecule has 1 aromatic rings. The number of rotatable bonds is 0. The summed E-state index contributed by atoms with van der Waals surface area (Å²) in [6, 6.07) is 8.03. The summed E-state index contributed by atoms with van der Waals surface area (Å²) < 4.78 is 0. The van der Waals surface area contributed by atoms with Gasteiger partial charge in [-0.3, -0.25) is 9.98 Å². The largest absolute Gasteiger partial charge is 0.280 e. The molecule has 3 nitrogen and oxygen atoms in total. The lowest BCUT2D eigenvalue weighted by Crippen LogP contribution is -2.24. The van der Waals surface area contributed by atoms with Crippen molar-refractivity contribution in [3.05, 3.63) is 63.1 Å². The molecule has 0 spiro atoms. The fraction of sp³-hybridized carbons (Fsp3) is 0.0667. The van der Waals surface area contributed by atoms with Crippen LogP contribution >= 0.6 is 11.8 Å². The van der Waals surface area contributed by atoms with E-state index in [1.54, 1.807) is 12.4 Å². The molecular formula is C15H11N3S. The Morgan fingerprint density at radius 2 is 2.16 bits per heavy atom. The van der Waals surface area contributed by atoms with Crippen molar-refractivity contribution in [1.29, 1.82) is 0 Å². The highest BCUT2D eigenvalue weighted by Crippen LogP contribution is 2.29. The van der Waals surface area contributed by atoms with Crippen molar-refractivity contribution < 1.29 is 0 Å². The zero-order chi connectivity index (χ0) is 13.1. The van der Waals surface area contributed by atoms with Crippen molar-refractivity contribution in [1.82, 2.24) is 0 Å². The van der Waals surface area contributed by atoms with Crippen molar-refractivity contribution in [2.45, 2.75) is 0 Å². The number of benzene rings is 1. The van der Waals surface area contributed by atoms with Crippen LogP contribution in [0.2, 0.25) is 0 Å². The monoisotopic (exact) mass is 265 g/mol. The number of nitrogens with zero attached hydrogens (tertiary/aromatic N) is 3. The molecular weight excluding hydrogens is 254 g/mol. The van der Waals surface area contributed by atoms with Gasteiger partial charge in [-0.15, -0.1) is 0 Å². The van der Waals surface area contributed by atoms with E-state index in [4.69, 9.17) is 0 Å². The Balaban J connectivity index is 2.18. The average molecular weight is 265 g/mol. The lowest BCUT2D eigenvalue weighted by Gasteiger charge is -2.02. The first-order valence-corrected chi connectivity index (χ1v) is 6.67. The first-order chi connectivity index (χ1) is 9.33. The second kappa shape index (κ2) is 5.22. The average Bonchev–Trinajstić information content (AvgIpc) is 2.59. The quantitative estimate of drug-likeness (QED) is 0.705. The SMILES string of the molecule is C=C1/C=c2/ccccc2=NCC2=C(N=C=CN=C2)S1. The van der Waals surface area contributed by atoms with Gasteiger partial charge in [0.2, 0.25) is 0 Å². The lowest BCUT2D eigenvalue weighted by molar-refractivity contribution is 1.10. The van der Waals surface area contributed by atoms with Crippen LogP contribution in [0.15, 0.2) is 67.5 Å². The van der Waals surface area contributed by atoms with Gasteiger partial charge >= 0.3 is 0 Å². The van der Waals surface area contributed by atoms with Crippen LogP contribution in [0.4, 0.5) is 0 Å². The van der Waals surface area contributed by atoms with Crippen molar-refractivity contribution >= 4 is 29.9 Å². The standard InChI is InChI=1S/C15H11N3S/c1-11-8-12-4-2-3-5-14(12)18-10-13-9-16-6-7-17-15(13)19-11/h2-6,8-9H,1,10H2/b12-8-,18-14?. The summed E-state index contributed by atoms with van der Waals surface area (Å²) in [6.07, 6.45) is 5.37. The lowest BCUT2D eigenvalue weighted by atomic mass is 10.2. The van der Waals surface area contributed by atoms with Crippen LogP contribution in [0, 0.1) is 0 Å². The third kappa shape index (κ3) is 2.65. The highest BCUT2D eigenvalue weighted by molar-refractivity contribution is 8.07. The van der Waals surface area contributed by atoms with Crippen LogP contribution in [0.1, 0.15) is 0 Å². The Labute approximate surface area is 115 Å². The molecule has 19 heavy (non-hydrogen) atoms. The molecule has 2 aliphatic rings. The first kappa shape index (κ1) is 11.9. The molecule has 0 N–H and O–H groups in total. The van der Waals surface area contributed by atoms with Gasteiger partial charge < -0.3 is 0 Å². The van der Waals surface area contributed by atoms with Gasteiger partial charge in [0.25, 0.3) is 0 Å². The molecule has 0 bridgehead atoms. The van der Waals surface area contributed by atoms with Crippen LogP contribution in [0.25, 0.3) is 6.08 Å². The molecule has 0 fully saturated rings. The van der Waals surface area contributed by atoms with E-state index < -0.39 is 0 Å². The van der Waals surface area contributed by atoms with Crippen LogP contribution < -0.4 is 10.6 Å². The maximum atomic E-state index is 4.63. The Hall–Kier alpha value is -2.16. The summed E-state index contributed by atoms with van der Waals surface area (Å²) >= 11 is 1.52. The second-order valence-electron chi connectivity index (χ2n) is 4.07. The summed E-state index contributed by atoms with van der Waals surface area (Å²) in [4.78, 5) is 13.9. The topological polar surface area (TPSA) is 37.1 Å². The molecule has 4 heteroatoms. The molecule has 0 aromatic heterocycles. The van der Waals surface area contributed by atoms with Gasteiger partial charge in [-0.2, -0.15) is 4.99 Å². The first-order valence-electron chi connectivity index (χ1n) is 5.85. The zero-order valence-electron chi connectivity index (χ0n) is 10.2. The molecule has 0 saturated carbocycles. The molecule has 1 aromatic carbocycles. The summed E-state index contributed by atoms with van der Waals surface area (Å²) in [5, 5.41) is 2.90. The minimum atomic E-state index is 0.559. The minimum Gasteiger partial charge on any atom is -0.280 e. The molecule has 0 aliphatic carbocycles. The summed E-state index contributed by atoms with van der Waals surface area (Å²) in [7, 11) is 0. The third-order valence-corrected chi connectivity index (χ3v) is 3.63. The predicted octanol–water partition coefficient (Wildman–Crippen LogP) is 1.83. The number of thioether (sulfide) groups is 1. The highest BCUT2D eigenvalue weighted by atomic mass is 32.2. The van der Waals surface area contributed by atoms with Gasteiger partial charge in [0, 0.05) is 27.8 Å². The van der Waals surface area contributed by atoms with Gasteiger partial charge in [-0.1, -0.05) is 36.5 Å². The number of para-hydroxylation sites is 1. The van der Waals surface area contributed by atoms with Gasteiger partial charge in [0.05, 0.1) is 18.1 Å². The Morgan fingerprint density at radius 1 is 1.26 bits per heavy atom. The van der Waals surface area contributed by atoms with Gasteiger partial charge in [-0.25, -0.2) is 0 Å². The van der Waals surface area contributed by atoms with Crippen molar-refractivity contribution in [2.75, 3.05) is 6.54 Å². The number of allylic oxidation sites excluding steroid dienone is 1. The number of fused-ring (bicyclic) bond motifs is 1. The van der Waals surface area contributed by atoms with Gasteiger partial charge in [0.1, 0.15) is 5.03 Å². The smallest absolute Gasteiger partial charge is 0.117 e. The van der Waals surface area contributed by atoms with E-state index in [1.165, 1.54) is 11.8 Å². The van der Waals surface area contributed by atoms with E-state index in [1.807, 2.05) is 30.3 Å². The minimum absolute atomic E-state index is 0.559. The Morgan fingerprint density at radius 3 is 3.11 bits per heavy atom. The van der Waals surface area contributed by atoms with E-state index in [9.17, 15) is 0 Å². The fourth-order valence-corrected chi connectivity index (χ4v) is 2.60. The van der Waals surface area contributed by atoms with E-state index >= 15 is 0 Å². The highest BCUT2D eigenvalue weighted by Gasteiger charge is 2.08. The van der Waals surface area contributed by atoms with E-state index in [0.29, 0.717) is 6.54 Å². The Kier molecular flexibility index (Phi) is 3.27. The molecule has 2 heterocycles. The van der Waals surface area contributed by atoms with Gasteiger partial charge in [-0.05, 0) is 12.1 Å². The van der Waals surface area contributed by atoms with Crippen molar-refractivity contribution in [3.8, 4) is 0 Å². The maximum absolute atomic E-state index is 4.63. The van der Waals surface area contributed by atoms with Gasteiger partial charge in [0.15, 0.2) is 0 Å². The zero-order valence-corrected chi connectivity index (χ0v) is 11.0. The van der Waals surface area contributed by atoms with Crippen molar-refractivity contribution in [2.24, 2.45) is 15.0 Å². The molecule has 2 aliphatic heterocycles. The predicted molar refractivity (Wildman–Crippen MR) is 80.8 cm³/mol. The summed E-state index contributed by atoms with van der Waals surface area (Å²) in [6.45, 7) is 4.63. The third-order valence-electron chi connectivity index (χ3n) is 2.70. The normalized spacial score (nSPS) is 19.2.